The first kappa shape index (κ1) is 36.2. The van der Waals surface area contributed by atoms with Gasteiger partial charge in [-0.25, -0.2) is 9.99 Å². The molecule has 17 heteroatoms. The fourth-order valence-electron chi connectivity index (χ4n) is 4.08. The van der Waals surface area contributed by atoms with Gasteiger partial charge in [-0.05, 0) is 22.9 Å². The van der Waals surface area contributed by atoms with Crippen LogP contribution in [0.4, 0.5) is 0 Å². The lowest BCUT2D eigenvalue weighted by atomic mass is 10.1. The van der Waals surface area contributed by atoms with E-state index in [1.807, 2.05) is 36.4 Å². The minimum Gasteiger partial charge on any atom is -0.486 e. The van der Waals surface area contributed by atoms with Gasteiger partial charge in [0.15, 0.2) is 29.3 Å². The predicted octanol–water partition coefficient (Wildman–Crippen LogP) is 2.22. The largest absolute Gasteiger partial charge is 0.486 e. The summed E-state index contributed by atoms with van der Waals surface area (Å²) in [5.41, 5.74) is 2.23. The number of thioether (sulfide) groups is 1. The number of ether oxygens (including phenoxy) is 5. The van der Waals surface area contributed by atoms with Crippen molar-refractivity contribution < 1.29 is 52.5 Å². The van der Waals surface area contributed by atoms with Crippen LogP contribution in [0.5, 0.6) is 5.75 Å². The minimum atomic E-state index is -1.50. The van der Waals surface area contributed by atoms with E-state index in [4.69, 9.17) is 23.7 Å². The molecule has 3 atom stereocenters. The first-order chi connectivity index (χ1) is 22.3. The third-order valence-corrected chi connectivity index (χ3v) is 6.84. The van der Waals surface area contributed by atoms with Crippen molar-refractivity contribution >= 4 is 64.4 Å². The van der Waals surface area contributed by atoms with E-state index in [0.29, 0.717) is 5.75 Å². The summed E-state index contributed by atoms with van der Waals surface area (Å²) < 4.78 is 27.5. The second kappa shape index (κ2) is 17.4. The number of nitrogens with one attached hydrogen (secondary N) is 1. The monoisotopic (exact) mass is 671 g/mol. The highest BCUT2D eigenvalue weighted by Gasteiger charge is 2.37. The van der Waals surface area contributed by atoms with E-state index < -0.39 is 60.6 Å². The van der Waals surface area contributed by atoms with Crippen LogP contribution in [-0.4, -0.2) is 87.3 Å². The lowest BCUT2D eigenvalue weighted by Crippen LogP contribution is -2.48. The molecule has 0 radical (unpaired) electrons. The number of hydrogen-bond donors (Lipinski definition) is 1. The van der Waals surface area contributed by atoms with Crippen molar-refractivity contribution in [2.75, 3.05) is 12.4 Å². The van der Waals surface area contributed by atoms with Crippen molar-refractivity contribution in [3.05, 3.63) is 48.3 Å². The summed E-state index contributed by atoms with van der Waals surface area (Å²) in [6.07, 6.45) is -3.42. The Hall–Kier alpha value is -5.32. The zero-order valence-corrected chi connectivity index (χ0v) is 27.0. The summed E-state index contributed by atoms with van der Waals surface area (Å²) in [5.74, 6) is -3.68. The normalized spacial score (nSPS) is 12.9. The quantitative estimate of drug-likeness (QED) is 0.0809. The number of rotatable bonds is 15. The van der Waals surface area contributed by atoms with Crippen molar-refractivity contribution in [1.29, 1.82) is 0 Å². The maximum atomic E-state index is 12.6. The average molecular weight is 672 g/mol. The molecule has 0 fully saturated rings. The Morgan fingerprint density at radius 3 is 2.19 bits per heavy atom. The van der Waals surface area contributed by atoms with Crippen molar-refractivity contribution in [3.8, 4) is 5.75 Å². The van der Waals surface area contributed by atoms with Crippen LogP contribution < -0.4 is 10.2 Å². The summed E-state index contributed by atoms with van der Waals surface area (Å²) in [5, 5.41) is 14.0. The maximum Gasteiger partial charge on any atom is 0.303 e. The number of hydrogen-bond acceptors (Lipinski definition) is 15. The zero-order chi connectivity index (χ0) is 34.5. The topological polar surface area (TPSA) is 204 Å². The van der Waals surface area contributed by atoms with E-state index in [-0.39, 0.29) is 23.3 Å². The third-order valence-electron chi connectivity index (χ3n) is 5.91. The maximum absolute atomic E-state index is 12.6. The van der Waals surface area contributed by atoms with E-state index >= 15 is 0 Å². The first-order valence-corrected chi connectivity index (χ1v) is 15.0. The van der Waals surface area contributed by atoms with Crippen LogP contribution >= 0.6 is 11.8 Å². The van der Waals surface area contributed by atoms with E-state index in [1.165, 1.54) is 11.5 Å². The van der Waals surface area contributed by atoms with Crippen molar-refractivity contribution in [2.45, 2.75) is 64.7 Å². The molecule has 47 heavy (non-hydrogen) atoms. The molecule has 0 saturated heterocycles. The number of hydrazone groups is 1. The molecule has 16 nitrogen and oxygen atoms in total. The lowest BCUT2D eigenvalue weighted by Gasteiger charge is -2.29. The Labute approximate surface area is 273 Å². The van der Waals surface area contributed by atoms with Gasteiger partial charge in [0.1, 0.15) is 19.0 Å². The second-order valence-corrected chi connectivity index (χ2v) is 10.7. The zero-order valence-electron chi connectivity index (χ0n) is 26.2. The standard InChI is InChI=1S/C30H33N5O11S/c1-17(36)35-27(15-43-24-11-10-22-8-6-7-9-23(22)12-24)32-34-30(35)47-16-28(41)33-31-13-25(44-19(3)38)29(46-21(5)40)26(45-20(4)39)14-42-18(2)37/h6-13,25-26,29H,14-16H2,1-5H3,(H,33,41)/b31-13-/t25-,26+,29-/m0/s1. The fraction of sp³-hybridized carbons (Fsp3) is 0.367. The number of esters is 4. The Bertz CT molecular complexity index is 1660. The number of benzene rings is 2. The summed E-state index contributed by atoms with van der Waals surface area (Å²) in [4.78, 5) is 71.7. The van der Waals surface area contributed by atoms with E-state index in [0.717, 1.165) is 56.4 Å². The number of aromatic nitrogens is 3. The number of carbonyl (C=O) groups excluding carboxylic acids is 6. The van der Waals surface area contributed by atoms with Gasteiger partial charge in [-0.3, -0.25) is 28.8 Å². The molecule has 0 spiro atoms. The molecule has 0 aliphatic carbocycles. The predicted molar refractivity (Wildman–Crippen MR) is 165 cm³/mol. The molecule has 250 valence electrons. The van der Waals surface area contributed by atoms with Crippen LogP contribution in [-0.2, 0) is 49.5 Å². The highest BCUT2D eigenvalue weighted by atomic mass is 32.2. The van der Waals surface area contributed by atoms with Gasteiger partial charge in [-0.2, -0.15) is 5.10 Å². The number of carbonyl (C=O) groups is 6. The lowest BCUT2D eigenvalue weighted by molar-refractivity contribution is -0.183. The van der Waals surface area contributed by atoms with Crippen LogP contribution in [0.3, 0.4) is 0 Å². The van der Waals surface area contributed by atoms with Crippen molar-refractivity contribution in [1.82, 2.24) is 20.2 Å². The van der Waals surface area contributed by atoms with Gasteiger partial charge < -0.3 is 23.7 Å². The molecule has 2 aromatic carbocycles. The number of fused-ring (bicyclic) bond motifs is 1. The molecule has 0 bridgehead atoms. The van der Waals surface area contributed by atoms with Crippen LogP contribution in [0, 0.1) is 0 Å². The van der Waals surface area contributed by atoms with E-state index in [1.54, 1.807) is 6.07 Å². The highest BCUT2D eigenvalue weighted by Crippen LogP contribution is 2.23. The summed E-state index contributed by atoms with van der Waals surface area (Å²) in [6.45, 7) is 5.04. The van der Waals surface area contributed by atoms with E-state index in [9.17, 15) is 28.8 Å². The molecule has 1 amide bonds. The number of amides is 1. The highest BCUT2D eigenvalue weighted by molar-refractivity contribution is 7.99. The fourth-order valence-corrected chi connectivity index (χ4v) is 4.87. The molecule has 0 aliphatic rings. The Balaban J connectivity index is 1.67. The smallest absolute Gasteiger partial charge is 0.303 e. The van der Waals surface area contributed by atoms with Gasteiger partial charge in [0.25, 0.3) is 5.91 Å². The summed E-state index contributed by atoms with van der Waals surface area (Å²) in [7, 11) is 0. The Kier molecular flexibility index (Phi) is 13.4. The van der Waals surface area contributed by atoms with Gasteiger partial charge in [0, 0.05) is 34.6 Å². The van der Waals surface area contributed by atoms with Gasteiger partial charge in [-0.1, -0.05) is 42.1 Å². The molecule has 3 aromatic rings. The Morgan fingerprint density at radius 2 is 1.55 bits per heavy atom. The molecule has 0 saturated carbocycles. The average Bonchev–Trinajstić information content (AvgIpc) is 3.42. The van der Waals surface area contributed by atoms with Crippen LogP contribution in [0.2, 0.25) is 0 Å². The van der Waals surface area contributed by atoms with E-state index in [2.05, 4.69) is 20.7 Å². The van der Waals surface area contributed by atoms with Crippen LogP contribution in [0.25, 0.3) is 10.8 Å². The van der Waals surface area contributed by atoms with Gasteiger partial charge in [-0.15, -0.1) is 10.2 Å². The summed E-state index contributed by atoms with van der Waals surface area (Å²) in [6, 6.07) is 13.3. The second-order valence-electron chi connectivity index (χ2n) is 9.75. The minimum absolute atomic E-state index is 0.0607. The molecule has 1 aromatic heterocycles. The van der Waals surface area contributed by atoms with Crippen molar-refractivity contribution in [3.63, 3.8) is 0 Å². The molecule has 0 aliphatic heterocycles. The molecular formula is C30H33N5O11S. The molecule has 0 unspecified atom stereocenters. The van der Waals surface area contributed by atoms with Crippen LogP contribution in [0.15, 0.2) is 52.7 Å². The SMILES string of the molecule is CC(=O)OC[C@@H](OC(C)=O)[C@@H](OC(C)=O)[C@H](/C=N\NC(=O)CSc1nnc(COc2ccc3ccccc3c2)n1C(C)=O)OC(C)=O. The van der Waals surface area contributed by atoms with Gasteiger partial charge >= 0.3 is 23.9 Å². The van der Waals surface area contributed by atoms with Gasteiger partial charge in [0.2, 0.25) is 5.91 Å². The molecule has 1 N–H and O–H groups in total. The number of nitrogens with zero attached hydrogens (tertiary/aromatic N) is 4. The van der Waals surface area contributed by atoms with Crippen molar-refractivity contribution in [2.24, 2.45) is 5.10 Å². The molecule has 1 heterocycles. The Morgan fingerprint density at radius 1 is 0.872 bits per heavy atom. The molecular weight excluding hydrogens is 638 g/mol. The first-order valence-electron chi connectivity index (χ1n) is 14.0. The third kappa shape index (κ3) is 11.5. The van der Waals surface area contributed by atoms with Crippen LogP contribution in [0.1, 0.15) is 45.2 Å². The molecule has 3 rings (SSSR count). The summed E-state index contributed by atoms with van der Waals surface area (Å²) >= 11 is 0.899. The van der Waals surface area contributed by atoms with Gasteiger partial charge in [0.05, 0.1) is 12.0 Å².